The molecular weight excluding hydrogens is 342 g/mol. The molecule has 3 heterocycles. The third kappa shape index (κ3) is 2.95. The first kappa shape index (κ1) is 16.0. The second-order valence-electron chi connectivity index (χ2n) is 6.11. The highest BCUT2D eigenvalue weighted by atomic mass is 35.5. The Bertz CT molecular complexity index is 834. The Kier molecular flexibility index (Phi) is 4.09. The zero-order chi connectivity index (χ0) is 17.4. The van der Waals surface area contributed by atoms with Gasteiger partial charge in [0.1, 0.15) is 11.8 Å². The molecule has 0 saturated carbocycles. The topological polar surface area (TPSA) is 71.7 Å². The van der Waals surface area contributed by atoms with Crippen molar-refractivity contribution in [3.05, 3.63) is 41.4 Å². The quantitative estimate of drug-likeness (QED) is 0.832. The summed E-state index contributed by atoms with van der Waals surface area (Å²) in [6, 6.07) is 3.47. The van der Waals surface area contributed by atoms with Crippen molar-refractivity contribution in [2.75, 3.05) is 6.61 Å². The van der Waals surface area contributed by atoms with Gasteiger partial charge in [-0.3, -0.25) is 10.1 Å². The van der Waals surface area contributed by atoms with Crippen LogP contribution in [-0.4, -0.2) is 39.0 Å². The van der Waals surface area contributed by atoms with E-state index in [1.54, 1.807) is 12.5 Å². The smallest absolute Gasteiger partial charge is 0.249 e. The van der Waals surface area contributed by atoms with Gasteiger partial charge in [-0.25, -0.2) is 9.98 Å². The minimum absolute atomic E-state index is 0.0429. The predicted molar refractivity (Wildman–Crippen MR) is 94.0 cm³/mol. The van der Waals surface area contributed by atoms with Crippen LogP contribution in [0.1, 0.15) is 18.9 Å². The number of hydrogen-bond acceptors (Lipinski definition) is 5. The van der Waals surface area contributed by atoms with Gasteiger partial charge >= 0.3 is 0 Å². The van der Waals surface area contributed by atoms with Crippen molar-refractivity contribution in [3.63, 3.8) is 0 Å². The fourth-order valence-corrected chi connectivity index (χ4v) is 3.28. The maximum atomic E-state index is 11.8. The fraction of sp³-hybridized carbons (Fsp3) is 0.353. The number of imidazole rings is 1. The van der Waals surface area contributed by atoms with Crippen molar-refractivity contribution < 1.29 is 9.53 Å². The van der Waals surface area contributed by atoms with Gasteiger partial charge in [0.15, 0.2) is 0 Å². The number of nitrogens with zero attached hydrogens (tertiary/aromatic N) is 4. The van der Waals surface area contributed by atoms with Gasteiger partial charge in [0.2, 0.25) is 11.9 Å². The summed E-state index contributed by atoms with van der Waals surface area (Å²) in [7, 11) is 0. The van der Waals surface area contributed by atoms with E-state index in [4.69, 9.17) is 16.3 Å². The van der Waals surface area contributed by atoms with Crippen LogP contribution in [0.3, 0.4) is 0 Å². The van der Waals surface area contributed by atoms with E-state index in [9.17, 15) is 4.79 Å². The van der Waals surface area contributed by atoms with Crippen LogP contribution in [0.5, 0.6) is 5.75 Å². The lowest BCUT2D eigenvalue weighted by Gasteiger charge is -2.27. The number of rotatable bonds is 5. The largest absolute Gasteiger partial charge is 0.492 e. The highest BCUT2D eigenvalue weighted by Crippen LogP contribution is 2.39. The van der Waals surface area contributed by atoms with Crippen LogP contribution < -0.4 is 10.1 Å². The van der Waals surface area contributed by atoms with Crippen LogP contribution in [0.4, 0.5) is 5.69 Å². The number of guanidine groups is 1. The normalized spacial score (nSPS) is 18.5. The summed E-state index contributed by atoms with van der Waals surface area (Å²) in [6.45, 7) is 3.80. The molecule has 130 valence electrons. The lowest BCUT2D eigenvalue weighted by molar-refractivity contribution is -0.121. The molecule has 1 saturated heterocycles. The number of carbonyl (C=O) groups is 1. The number of fused-ring (bicyclic) bond motifs is 2. The number of ether oxygens (including phenoxy) is 1. The first-order chi connectivity index (χ1) is 12.1. The molecule has 0 radical (unpaired) electrons. The first-order valence-corrected chi connectivity index (χ1v) is 8.57. The molecule has 0 aliphatic carbocycles. The molecule has 1 N–H and O–H groups in total. The molecule has 1 atom stereocenters. The Hall–Kier alpha value is -2.54. The zero-order valence-corrected chi connectivity index (χ0v) is 14.5. The van der Waals surface area contributed by atoms with Crippen LogP contribution in [0.15, 0.2) is 35.8 Å². The molecule has 0 bridgehead atoms. The number of aliphatic imine (C=N–C) groups is 1. The van der Waals surface area contributed by atoms with Crippen LogP contribution in [0.25, 0.3) is 0 Å². The van der Waals surface area contributed by atoms with Gasteiger partial charge in [0, 0.05) is 24.5 Å². The molecule has 8 heteroatoms. The summed E-state index contributed by atoms with van der Waals surface area (Å²) >= 11 is 6.54. The molecule has 1 amide bonds. The molecule has 4 rings (SSSR count). The number of benzene rings is 1. The molecule has 1 aromatic carbocycles. The van der Waals surface area contributed by atoms with E-state index < -0.39 is 0 Å². The van der Waals surface area contributed by atoms with E-state index in [0.717, 1.165) is 24.2 Å². The number of nitrogens with one attached hydrogen (secondary N) is 1. The van der Waals surface area contributed by atoms with Crippen LogP contribution in [0, 0.1) is 0 Å². The van der Waals surface area contributed by atoms with E-state index in [1.165, 1.54) is 0 Å². The summed E-state index contributed by atoms with van der Waals surface area (Å²) in [5.74, 6) is 1.20. The number of halogens is 1. The third-order valence-electron chi connectivity index (χ3n) is 4.47. The lowest BCUT2D eigenvalue weighted by Crippen LogP contribution is -2.35. The Morgan fingerprint density at radius 3 is 3.12 bits per heavy atom. The van der Waals surface area contributed by atoms with E-state index in [2.05, 4.69) is 15.3 Å². The van der Waals surface area contributed by atoms with Crippen molar-refractivity contribution in [3.8, 4) is 5.75 Å². The van der Waals surface area contributed by atoms with Gasteiger partial charge < -0.3 is 14.2 Å². The maximum Gasteiger partial charge on any atom is 0.249 e. The maximum absolute atomic E-state index is 11.8. The highest BCUT2D eigenvalue weighted by Gasteiger charge is 2.36. The number of amides is 1. The molecule has 25 heavy (non-hydrogen) atoms. The fourth-order valence-electron chi connectivity index (χ4n) is 3.00. The van der Waals surface area contributed by atoms with Crippen molar-refractivity contribution >= 4 is 29.2 Å². The number of aryl methyl sites for hydroxylation is 1. The number of hydrogen-bond donors (Lipinski definition) is 1. The highest BCUT2D eigenvalue weighted by molar-refractivity contribution is 6.33. The van der Waals surface area contributed by atoms with Crippen molar-refractivity contribution in [1.29, 1.82) is 0 Å². The SMILES string of the molecule is CC1C(=O)NC2=Nc3ccc(OCCCn4ccnc4)c(Cl)c3CN21. The Morgan fingerprint density at radius 1 is 1.44 bits per heavy atom. The standard InChI is InChI=1S/C17H18ClN5O2/c1-11-16(24)21-17-20-13-3-4-14(15(18)12(13)9-23(11)17)25-8-2-6-22-7-5-19-10-22/h3-5,7,10-11H,2,6,8-9H2,1H3,(H,20,21,24). The van der Waals surface area contributed by atoms with E-state index in [1.807, 2.05) is 34.7 Å². The molecular formula is C17H18ClN5O2. The summed E-state index contributed by atoms with van der Waals surface area (Å²) in [4.78, 5) is 22.2. The Balaban J connectivity index is 1.45. The second-order valence-corrected chi connectivity index (χ2v) is 6.48. The van der Waals surface area contributed by atoms with Crippen LogP contribution in [0.2, 0.25) is 5.02 Å². The van der Waals surface area contributed by atoms with Gasteiger partial charge in [-0.1, -0.05) is 11.6 Å². The monoisotopic (exact) mass is 359 g/mol. The second kappa shape index (κ2) is 6.40. The third-order valence-corrected chi connectivity index (χ3v) is 4.88. The van der Waals surface area contributed by atoms with Crippen molar-refractivity contribution in [2.45, 2.75) is 32.5 Å². The van der Waals surface area contributed by atoms with Crippen LogP contribution in [-0.2, 0) is 17.9 Å². The Labute approximate surface area is 150 Å². The van der Waals surface area contributed by atoms with Gasteiger partial charge in [-0.2, -0.15) is 0 Å². The van der Waals surface area contributed by atoms with Crippen molar-refractivity contribution in [1.82, 2.24) is 19.8 Å². The molecule has 0 spiro atoms. The van der Waals surface area contributed by atoms with Crippen molar-refractivity contribution in [2.24, 2.45) is 4.99 Å². The van der Waals surface area contributed by atoms with E-state index in [-0.39, 0.29) is 11.9 Å². The van der Waals surface area contributed by atoms with E-state index in [0.29, 0.717) is 29.9 Å². The molecule has 2 aromatic rings. The van der Waals surface area contributed by atoms with Gasteiger partial charge in [-0.05, 0) is 25.5 Å². The molecule has 1 unspecified atom stereocenters. The predicted octanol–water partition coefficient (Wildman–Crippen LogP) is 2.33. The molecule has 1 aromatic heterocycles. The number of carbonyl (C=O) groups excluding carboxylic acids is 1. The average Bonchev–Trinajstić information content (AvgIpc) is 3.21. The minimum Gasteiger partial charge on any atom is -0.492 e. The van der Waals surface area contributed by atoms with Gasteiger partial charge in [0.05, 0.1) is 30.2 Å². The summed E-state index contributed by atoms with van der Waals surface area (Å²) in [6.07, 6.45) is 6.32. The minimum atomic E-state index is -0.247. The van der Waals surface area contributed by atoms with Gasteiger partial charge in [0.25, 0.3) is 0 Å². The Morgan fingerprint density at radius 2 is 2.32 bits per heavy atom. The van der Waals surface area contributed by atoms with E-state index >= 15 is 0 Å². The number of aromatic nitrogens is 2. The molecule has 7 nitrogen and oxygen atoms in total. The van der Waals surface area contributed by atoms with Crippen LogP contribution >= 0.6 is 11.6 Å². The molecule has 2 aliphatic rings. The molecule has 2 aliphatic heterocycles. The lowest BCUT2D eigenvalue weighted by atomic mass is 10.1. The summed E-state index contributed by atoms with van der Waals surface area (Å²) in [5, 5.41) is 3.36. The summed E-state index contributed by atoms with van der Waals surface area (Å²) < 4.78 is 7.85. The summed E-state index contributed by atoms with van der Waals surface area (Å²) in [5.41, 5.74) is 1.66. The zero-order valence-electron chi connectivity index (χ0n) is 13.8. The first-order valence-electron chi connectivity index (χ1n) is 8.19. The molecule has 1 fully saturated rings. The van der Waals surface area contributed by atoms with Gasteiger partial charge in [-0.15, -0.1) is 0 Å². The average molecular weight is 360 g/mol.